The zero-order valence-electron chi connectivity index (χ0n) is 15.2. The number of carbonyl (C=O) groups excluding carboxylic acids is 1. The molecule has 0 aliphatic heterocycles. The van der Waals surface area contributed by atoms with Crippen LogP contribution in [0.1, 0.15) is 19.1 Å². The fourth-order valence-corrected chi connectivity index (χ4v) is 4.55. The lowest BCUT2D eigenvalue weighted by Gasteiger charge is -2.30. The molecule has 1 amide bonds. The van der Waals surface area contributed by atoms with Crippen LogP contribution in [0.25, 0.3) is 0 Å². The molecule has 6 nitrogen and oxygen atoms in total. The Morgan fingerprint density at radius 3 is 2.56 bits per heavy atom. The van der Waals surface area contributed by atoms with E-state index in [1.807, 2.05) is 12.1 Å². The molecular weight excluding hydrogens is 391 g/mol. The van der Waals surface area contributed by atoms with Gasteiger partial charge in [0.15, 0.2) is 0 Å². The largest absolute Gasteiger partial charge is 0.468 e. The molecule has 1 heterocycles. The number of benzene rings is 1. The predicted molar refractivity (Wildman–Crippen MR) is 106 cm³/mol. The highest BCUT2D eigenvalue weighted by Crippen LogP contribution is 2.22. The molecule has 0 saturated heterocycles. The number of hydrogen-bond acceptors (Lipinski definition) is 5. The number of nitrogens with zero attached hydrogens (tertiary/aromatic N) is 1. The predicted octanol–water partition coefficient (Wildman–Crippen LogP) is 3.01. The van der Waals surface area contributed by atoms with Crippen molar-refractivity contribution in [2.24, 2.45) is 0 Å². The van der Waals surface area contributed by atoms with Gasteiger partial charge in [0.1, 0.15) is 17.6 Å². The Morgan fingerprint density at radius 2 is 2.00 bits per heavy atom. The Labute approximate surface area is 163 Å². The van der Waals surface area contributed by atoms with Crippen LogP contribution in [0.3, 0.4) is 0 Å². The summed E-state index contributed by atoms with van der Waals surface area (Å²) in [5, 5.41) is 2.78. The number of furan rings is 1. The van der Waals surface area contributed by atoms with E-state index in [1.165, 1.54) is 24.3 Å². The summed E-state index contributed by atoms with van der Waals surface area (Å²) in [6.07, 6.45) is 2.93. The summed E-state index contributed by atoms with van der Waals surface area (Å²) < 4.78 is 44.0. The number of halogens is 1. The summed E-state index contributed by atoms with van der Waals surface area (Å²) in [5.41, 5.74) is 0.257. The van der Waals surface area contributed by atoms with Crippen LogP contribution in [-0.4, -0.2) is 38.9 Å². The molecule has 27 heavy (non-hydrogen) atoms. The van der Waals surface area contributed by atoms with E-state index >= 15 is 0 Å². The van der Waals surface area contributed by atoms with Gasteiger partial charge in [-0.2, -0.15) is 11.8 Å². The molecule has 1 N–H and O–H groups in total. The lowest BCUT2D eigenvalue weighted by molar-refractivity contribution is -0.122. The molecule has 0 radical (unpaired) electrons. The third-order valence-corrected chi connectivity index (χ3v) is 5.94. The standard InChI is InChI=1S/C18H23FN2O4S2/c1-3-17(18(22)20-10-12-26-13-16-5-4-11-25-16)21(27(2,23)24)15-8-6-14(19)7-9-15/h4-9,11,17H,3,10,12-13H2,1-2H3,(H,20,22)/t17-/m0/s1. The first-order chi connectivity index (χ1) is 12.8. The number of anilines is 1. The summed E-state index contributed by atoms with van der Waals surface area (Å²) in [7, 11) is -3.72. The minimum atomic E-state index is -3.72. The highest BCUT2D eigenvalue weighted by atomic mass is 32.2. The minimum absolute atomic E-state index is 0.257. The van der Waals surface area contributed by atoms with Gasteiger partial charge in [-0.1, -0.05) is 6.92 Å². The second kappa shape index (κ2) is 9.80. The Morgan fingerprint density at radius 1 is 1.30 bits per heavy atom. The number of nitrogens with one attached hydrogen (secondary N) is 1. The van der Waals surface area contributed by atoms with Gasteiger partial charge in [-0.05, 0) is 42.8 Å². The number of thioether (sulfide) groups is 1. The first-order valence-electron chi connectivity index (χ1n) is 8.45. The molecule has 2 aromatic rings. The van der Waals surface area contributed by atoms with Crippen molar-refractivity contribution in [3.05, 3.63) is 54.2 Å². The van der Waals surface area contributed by atoms with Crippen molar-refractivity contribution in [1.29, 1.82) is 0 Å². The Balaban J connectivity index is 1.98. The van der Waals surface area contributed by atoms with Gasteiger partial charge in [0.25, 0.3) is 0 Å². The Hall–Kier alpha value is -2.00. The van der Waals surface area contributed by atoms with Gasteiger partial charge < -0.3 is 9.73 Å². The number of rotatable bonds is 10. The molecule has 2 rings (SSSR count). The van der Waals surface area contributed by atoms with E-state index < -0.39 is 21.9 Å². The van der Waals surface area contributed by atoms with Crippen LogP contribution in [0.4, 0.5) is 10.1 Å². The average Bonchev–Trinajstić information content (AvgIpc) is 3.12. The maximum atomic E-state index is 13.2. The summed E-state index contributed by atoms with van der Waals surface area (Å²) in [6, 6.07) is 7.84. The normalized spacial score (nSPS) is 12.6. The number of carbonyl (C=O) groups is 1. The van der Waals surface area contributed by atoms with E-state index in [2.05, 4.69) is 5.32 Å². The van der Waals surface area contributed by atoms with Gasteiger partial charge in [-0.15, -0.1) is 0 Å². The lowest BCUT2D eigenvalue weighted by Crippen LogP contribution is -2.49. The third-order valence-electron chi connectivity index (χ3n) is 3.78. The van der Waals surface area contributed by atoms with E-state index in [0.717, 1.165) is 16.3 Å². The molecule has 0 aliphatic carbocycles. The van der Waals surface area contributed by atoms with Crippen LogP contribution in [-0.2, 0) is 20.6 Å². The molecule has 0 unspecified atom stereocenters. The quantitative estimate of drug-likeness (QED) is 0.605. The fraction of sp³-hybridized carbons (Fsp3) is 0.389. The molecule has 0 fully saturated rings. The van der Waals surface area contributed by atoms with Gasteiger partial charge in [-0.25, -0.2) is 12.8 Å². The van der Waals surface area contributed by atoms with Crippen molar-refractivity contribution in [3.63, 3.8) is 0 Å². The number of hydrogen-bond donors (Lipinski definition) is 1. The fourth-order valence-electron chi connectivity index (χ4n) is 2.58. The zero-order chi connectivity index (χ0) is 19.9. The van der Waals surface area contributed by atoms with Gasteiger partial charge in [0.2, 0.25) is 15.9 Å². The van der Waals surface area contributed by atoms with E-state index in [0.29, 0.717) is 18.1 Å². The van der Waals surface area contributed by atoms with E-state index in [4.69, 9.17) is 4.42 Å². The first-order valence-corrected chi connectivity index (χ1v) is 11.5. The SMILES string of the molecule is CC[C@@H](C(=O)NCCSCc1ccco1)N(c1ccc(F)cc1)S(C)(=O)=O. The molecule has 1 aromatic carbocycles. The topological polar surface area (TPSA) is 79.6 Å². The Kier molecular flexibility index (Phi) is 7.73. The monoisotopic (exact) mass is 414 g/mol. The lowest BCUT2D eigenvalue weighted by atomic mass is 10.2. The average molecular weight is 415 g/mol. The maximum Gasteiger partial charge on any atom is 0.243 e. The molecule has 0 aliphatic rings. The number of amides is 1. The van der Waals surface area contributed by atoms with Crippen molar-refractivity contribution in [2.45, 2.75) is 25.1 Å². The highest BCUT2D eigenvalue weighted by molar-refractivity contribution is 7.98. The molecule has 1 aromatic heterocycles. The van der Waals surface area contributed by atoms with Crippen LogP contribution in [0.5, 0.6) is 0 Å². The molecule has 0 spiro atoms. The smallest absolute Gasteiger partial charge is 0.243 e. The summed E-state index contributed by atoms with van der Waals surface area (Å²) in [5.74, 6) is 1.37. The molecule has 1 atom stereocenters. The van der Waals surface area contributed by atoms with Gasteiger partial charge in [-0.3, -0.25) is 9.10 Å². The number of sulfonamides is 1. The second-order valence-corrected chi connectivity index (χ2v) is 8.85. The third kappa shape index (κ3) is 6.28. The molecular formula is C18H23FN2O4S2. The van der Waals surface area contributed by atoms with Crippen LogP contribution >= 0.6 is 11.8 Å². The maximum absolute atomic E-state index is 13.2. The summed E-state index contributed by atoms with van der Waals surface area (Å²) in [4.78, 5) is 12.6. The van der Waals surface area contributed by atoms with Gasteiger partial charge in [0.05, 0.1) is 24.0 Å². The van der Waals surface area contributed by atoms with E-state index in [1.54, 1.807) is 24.9 Å². The summed E-state index contributed by atoms with van der Waals surface area (Å²) in [6.45, 7) is 2.14. The second-order valence-electron chi connectivity index (χ2n) is 5.88. The van der Waals surface area contributed by atoms with E-state index in [9.17, 15) is 17.6 Å². The first kappa shape index (κ1) is 21.3. The van der Waals surface area contributed by atoms with Crippen LogP contribution in [0.15, 0.2) is 47.1 Å². The van der Waals surface area contributed by atoms with Gasteiger partial charge in [0, 0.05) is 12.3 Å². The van der Waals surface area contributed by atoms with Gasteiger partial charge >= 0.3 is 0 Å². The highest BCUT2D eigenvalue weighted by Gasteiger charge is 2.31. The van der Waals surface area contributed by atoms with Crippen molar-refractivity contribution in [1.82, 2.24) is 5.32 Å². The van der Waals surface area contributed by atoms with Crippen molar-refractivity contribution >= 4 is 33.4 Å². The van der Waals surface area contributed by atoms with Crippen molar-refractivity contribution < 1.29 is 22.0 Å². The zero-order valence-corrected chi connectivity index (χ0v) is 16.9. The Bertz CT molecular complexity index is 824. The molecule has 9 heteroatoms. The summed E-state index contributed by atoms with van der Waals surface area (Å²) >= 11 is 1.60. The van der Waals surface area contributed by atoms with Crippen LogP contribution in [0.2, 0.25) is 0 Å². The van der Waals surface area contributed by atoms with Crippen LogP contribution < -0.4 is 9.62 Å². The van der Waals surface area contributed by atoms with E-state index in [-0.39, 0.29) is 18.0 Å². The van der Waals surface area contributed by atoms with Crippen molar-refractivity contribution in [3.8, 4) is 0 Å². The molecule has 0 bridgehead atoms. The van der Waals surface area contributed by atoms with Crippen molar-refractivity contribution in [2.75, 3.05) is 22.9 Å². The van der Waals surface area contributed by atoms with Crippen LogP contribution in [0, 0.1) is 5.82 Å². The molecule has 148 valence electrons. The molecule has 0 saturated carbocycles. The minimum Gasteiger partial charge on any atom is -0.468 e.